The molecule has 0 saturated heterocycles. The number of aromatic hydroxyl groups is 1. The van der Waals surface area contributed by atoms with Gasteiger partial charge in [-0.05, 0) is 50.1 Å². The van der Waals surface area contributed by atoms with Gasteiger partial charge in [-0.3, -0.25) is 4.79 Å². The third kappa shape index (κ3) is 2.23. The van der Waals surface area contributed by atoms with Crippen LogP contribution in [-0.2, 0) is 14.6 Å². The topological polar surface area (TPSA) is 91.7 Å². The van der Waals surface area contributed by atoms with E-state index in [1.54, 1.807) is 0 Å². The van der Waals surface area contributed by atoms with Gasteiger partial charge in [-0.2, -0.15) is 0 Å². The fourth-order valence-electron chi connectivity index (χ4n) is 1.94. The minimum absolute atomic E-state index is 0.0241. The molecule has 1 aliphatic rings. The van der Waals surface area contributed by atoms with Gasteiger partial charge < -0.3 is 10.2 Å². The minimum atomic E-state index is -3.64. The van der Waals surface area contributed by atoms with Gasteiger partial charge in [-0.1, -0.05) is 0 Å². The van der Waals surface area contributed by atoms with E-state index in [-0.39, 0.29) is 22.0 Å². The number of phenolic OH excluding ortho intramolecular Hbond substituents is 1. The molecule has 102 valence electrons. The Kier molecular flexibility index (Phi) is 2.93. The maximum absolute atomic E-state index is 12.3. The van der Waals surface area contributed by atoms with Crippen molar-refractivity contribution in [2.75, 3.05) is 0 Å². The van der Waals surface area contributed by atoms with E-state index in [1.165, 1.54) is 38.1 Å². The lowest BCUT2D eigenvalue weighted by Gasteiger charge is -2.19. The average Bonchev–Trinajstić information content (AvgIpc) is 2.49. The highest BCUT2D eigenvalue weighted by atomic mass is 32.2. The van der Waals surface area contributed by atoms with Crippen molar-refractivity contribution < 1.29 is 23.4 Å². The van der Waals surface area contributed by atoms with Crippen LogP contribution < -0.4 is 0 Å². The fraction of sp³-hybridized carbons (Fsp3) is 0.308. The molecule has 5 nitrogen and oxygen atoms in total. The lowest BCUT2D eigenvalue weighted by atomic mass is 9.89. The fourth-order valence-corrected chi connectivity index (χ4v) is 3.73. The zero-order chi connectivity index (χ0) is 14.4. The minimum Gasteiger partial charge on any atom is -0.508 e. The van der Waals surface area contributed by atoms with E-state index in [2.05, 4.69) is 0 Å². The van der Waals surface area contributed by atoms with Crippen LogP contribution in [0.4, 0.5) is 0 Å². The SMILES string of the molecule is CC(C)(CC1=Cc2cc(O)ccc2S1(=O)=O)C(=O)O. The second kappa shape index (κ2) is 4.09. The van der Waals surface area contributed by atoms with Gasteiger partial charge in [0.1, 0.15) is 5.75 Å². The first-order chi connectivity index (χ1) is 8.64. The molecule has 0 aromatic heterocycles. The van der Waals surface area contributed by atoms with E-state index in [0.717, 1.165) is 0 Å². The Morgan fingerprint density at radius 1 is 1.32 bits per heavy atom. The molecule has 19 heavy (non-hydrogen) atoms. The van der Waals surface area contributed by atoms with Crippen LogP contribution in [0, 0.1) is 5.41 Å². The van der Waals surface area contributed by atoms with Crippen molar-refractivity contribution in [2.45, 2.75) is 25.2 Å². The highest BCUT2D eigenvalue weighted by Gasteiger charge is 2.36. The van der Waals surface area contributed by atoms with Gasteiger partial charge in [0.05, 0.1) is 15.2 Å². The number of carboxylic acid groups (broad SMARTS) is 1. The molecule has 1 aromatic carbocycles. The Morgan fingerprint density at radius 2 is 1.95 bits per heavy atom. The third-order valence-corrected chi connectivity index (χ3v) is 5.04. The van der Waals surface area contributed by atoms with Crippen molar-refractivity contribution in [1.29, 1.82) is 0 Å². The van der Waals surface area contributed by atoms with Crippen LogP contribution in [0.15, 0.2) is 28.0 Å². The van der Waals surface area contributed by atoms with Crippen LogP contribution in [0.2, 0.25) is 0 Å². The number of phenols is 1. The molecule has 0 atom stereocenters. The molecular formula is C13H14O5S. The van der Waals surface area contributed by atoms with Gasteiger partial charge in [0, 0.05) is 0 Å². The number of carbonyl (C=O) groups is 1. The summed E-state index contributed by atoms with van der Waals surface area (Å²) in [6.07, 6.45) is 1.34. The van der Waals surface area contributed by atoms with E-state index < -0.39 is 21.2 Å². The Labute approximate surface area is 111 Å². The second-order valence-electron chi connectivity index (χ2n) is 5.20. The summed E-state index contributed by atoms with van der Waals surface area (Å²) in [5, 5.41) is 18.4. The highest BCUT2D eigenvalue weighted by molar-refractivity contribution is 7.95. The van der Waals surface area contributed by atoms with Crippen LogP contribution in [0.25, 0.3) is 6.08 Å². The lowest BCUT2D eigenvalue weighted by molar-refractivity contribution is -0.146. The van der Waals surface area contributed by atoms with Crippen LogP contribution >= 0.6 is 0 Å². The smallest absolute Gasteiger partial charge is 0.309 e. The standard InChI is InChI=1S/C13H14O5S/c1-13(2,12(15)16)7-10-6-8-5-9(14)3-4-11(8)19(10,17)18/h3-6,14H,7H2,1-2H3,(H,15,16). The van der Waals surface area contributed by atoms with Crippen molar-refractivity contribution in [3.8, 4) is 5.75 Å². The Hall–Kier alpha value is -1.82. The number of carboxylic acids is 1. The maximum atomic E-state index is 12.3. The molecule has 0 amide bonds. The zero-order valence-corrected chi connectivity index (χ0v) is 11.4. The van der Waals surface area contributed by atoms with Crippen LogP contribution in [0.3, 0.4) is 0 Å². The summed E-state index contributed by atoms with van der Waals surface area (Å²) < 4.78 is 24.5. The van der Waals surface area contributed by atoms with E-state index in [9.17, 15) is 18.3 Å². The number of sulfone groups is 1. The van der Waals surface area contributed by atoms with Crippen molar-refractivity contribution in [1.82, 2.24) is 0 Å². The van der Waals surface area contributed by atoms with Crippen molar-refractivity contribution in [3.63, 3.8) is 0 Å². The molecule has 1 aromatic rings. The predicted molar refractivity (Wildman–Crippen MR) is 69.3 cm³/mol. The van der Waals surface area contributed by atoms with Crippen molar-refractivity contribution >= 4 is 21.9 Å². The first-order valence-electron chi connectivity index (χ1n) is 5.67. The highest BCUT2D eigenvalue weighted by Crippen LogP contribution is 2.40. The Morgan fingerprint density at radius 3 is 2.53 bits per heavy atom. The van der Waals surface area contributed by atoms with Gasteiger partial charge >= 0.3 is 5.97 Å². The first kappa shape index (κ1) is 13.6. The molecule has 0 aliphatic carbocycles. The predicted octanol–water partition coefficient (Wildman–Crippen LogP) is 2.02. The molecular weight excluding hydrogens is 268 g/mol. The summed E-state index contributed by atoms with van der Waals surface area (Å²) >= 11 is 0. The molecule has 1 aliphatic heterocycles. The summed E-state index contributed by atoms with van der Waals surface area (Å²) in [5.74, 6) is -1.08. The Balaban J connectivity index is 2.46. The summed E-state index contributed by atoms with van der Waals surface area (Å²) in [6.45, 7) is 2.96. The molecule has 0 spiro atoms. The first-order valence-corrected chi connectivity index (χ1v) is 7.15. The largest absolute Gasteiger partial charge is 0.508 e. The third-order valence-electron chi connectivity index (χ3n) is 3.14. The molecule has 0 unspecified atom stereocenters. The summed E-state index contributed by atoms with van der Waals surface area (Å²) in [7, 11) is -3.64. The molecule has 2 rings (SSSR count). The summed E-state index contributed by atoms with van der Waals surface area (Å²) in [5.41, 5.74) is -0.764. The quantitative estimate of drug-likeness (QED) is 0.885. The van der Waals surface area contributed by atoms with Crippen LogP contribution in [-0.4, -0.2) is 24.6 Å². The van der Waals surface area contributed by atoms with Crippen LogP contribution in [0.1, 0.15) is 25.8 Å². The van der Waals surface area contributed by atoms with E-state index in [0.29, 0.717) is 5.56 Å². The zero-order valence-electron chi connectivity index (χ0n) is 10.5. The maximum Gasteiger partial charge on any atom is 0.309 e. The monoisotopic (exact) mass is 282 g/mol. The summed E-state index contributed by atoms with van der Waals surface area (Å²) in [4.78, 5) is 11.3. The number of hydrogen-bond donors (Lipinski definition) is 2. The number of benzene rings is 1. The number of allylic oxidation sites excluding steroid dienone is 1. The Bertz CT molecular complexity index is 683. The number of rotatable bonds is 3. The second-order valence-corrected chi connectivity index (χ2v) is 7.17. The van der Waals surface area contributed by atoms with Crippen LogP contribution in [0.5, 0.6) is 5.75 Å². The van der Waals surface area contributed by atoms with E-state index >= 15 is 0 Å². The lowest BCUT2D eigenvalue weighted by Crippen LogP contribution is -2.25. The average molecular weight is 282 g/mol. The van der Waals surface area contributed by atoms with Crippen molar-refractivity contribution in [3.05, 3.63) is 28.7 Å². The molecule has 0 radical (unpaired) electrons. The normalized spacial score (nSPS) is 16.8. The number of aliphatic carboxylic acids is 1. The molecule has 1 heterocycles. The number of fused-ring (bicyclic) bond motifs is 1. The molecule has 0 fully saturated rings. The van der Waals surface area contributed by atoms with Gasteiger partial charge in [-0.15, -0.1) is 0 Å². The van der Waals surface area contributed by atoms with Gasteiger partial charge in [-0.25, -0.2) is 8.42 Å². The van der Waals surface area contributed by atoms with E-state index in [1.807, 2.05) is 0 Å². The van der Waals surface area contributed by atoms with E-state index in [4.69, 9.17) is 5.11 Å². The van der Waals surface area contributed by atoms with Crippen molar-refractivity contribution in [2.24, 2.45) is 5.41 Å². The van der Waals surface area contributed by atoms with Gasteiger partial charge in [0.2, 0.25) is 9.84 Å². The molecule has 0 bridgehead atoms. The number of hydrogen-bond acceptors (Lipinski definition) is 4. The molecule has 0 saturated carbocycles. The van der Waals surface area contributed by atoms with Gasteiger partial charge in [0.15, 0.2) is 0 Å². The molecule has 2 N–H and O–H groups in total. The van der Waals surface area contributed by atoms with Gasteiger partial charge in [0.25, 0.3) is 0 Å². The molecule has 6 heteroatoms. The summed E-state index contributed by atoms with van der Waals surface area (Å²) in [6, 6.07) is 3.99.